The van der Waals surface area contributed by atoms with Crippen molar-refractivity contribution >= 4 is 11.8 Å². The molecular weight excluding hydrogens is 248 g/mol. The van der Waals surface area contributed by atoms with Gasteiger partial charge in [0.2, 0.25) is 11.8 Å². The molecule has 1 aromatic heterocycles. The van der Waals surface area contributed by atoms with E-state index in [0.717, 1.165) is 6.42 Å². The Morgan fingerprint density at radius 3 is 2.68 bits per heavy atom. The maximum Gasteiger partial charge on any atom is 0.246 e. The Labute approximate surface area is 111 Å². The van der Waals surface area contributed by atoms with E-state index in [-0.39, 0.29) is 18.4 Å². The van der Waals surface area contributed by atoms with Gasteiger partial charge in [-0.15, -0.1) is 10.2 Å². The first-order valence-corrected chi connectivity index (χ1v) is 6.36. The molecule has 1 aromatic rings. The Kier molecular flexibility index (Phi) is 3.77. The van der Waals surface area contributed by atoms with Crippen LogP contribution in [0.25, 0.3) is 0 Å². The number of rotatable bonds is 4. The Morgan fingerprint density at radius 1 is 1.37 bits per heavy atom. The molecular formula is C11H18N6O2. The van der Waals surface area contributed by atoms with Crippen molar-refractivity contribution in [2.45, 2.75) is 45.3 Å². The molecule has 8 heteroatoms. The Hall–Kier alpha value is -1.99. The highest BCUT2D eigenvalue weighted by molar-refractivity contribution is 5.96. The zero-order chi connectivity index (χ0) is 14.0. The summed E-state index contributed by atoms with van der Waals surface area (Å²) in [6, 6.07) is -0.949. The number of amides is 2. The largest absolute Gasteiger partial charge is 0.343 e. The van der Waals surface area contributed by atoms with Gasteiger partial charge >= 0.3 is 0 Å². The molecule has 19 heavy (non-hydrogen) atoms. The maximum absolute atomic E-state index is 12.3. The van der Waals surface area contributed by atoms with Gasteiger partial charge in [-0.1, -0.05) is 13.3 Å². The molecule has 104 valence electrons. The monoisotopic (exact) mass is 266 g/mol. The van der Waals surface area contributed by atoms with Gasteiger partial charge in [0.05, 0.1) is 13.6 Å². The van der Waals surface area contributed by atoms with E-state index in [4.69, 9.17) is 0 Å². The molecule has 1 N–H and O–H groups in total. The topological polar surface area (TPSA) is 93.0 Å². The van der Waals surface area contributed by atoms with Crippen molar-refractivity contribution in [1.82, 2.24) is 30.4 Å². The number of piperazine rings is 1. The third-order valence-corrected chi connectivity index (χ3v) is 3.18. The molecule has 1 aliphatic rings. The first-order valence-electron chi connectivity index (χ1n) is 6.36. The second-order valence-corrected chi connectivity index (χ2v) is 4.69. The summed E-state index contributed by atoms with van der Waals surface area (Å²) in [6.45, 7) is 3.89. The minimum absolute atomic E-state index is 0.0820. The molecule has 2 atom stereocenters. The summed E-state index contributed by atoms with van der Waals surface area (Å²) < 4.78 is 0. The lowest BCUT2D eigenvalue weighted by atomic mass is 10.0. The lowest BCUT2D eigenvalue weighted by Crippen LogP contribution is -2.61. The number of aromatic nitrogens is 4. The number of carbonyl (C=O) groups is 2. The lowest BCUT2D eigenvalue weighted by molar-refractivity contribution is -0.149. The lowest BCUT2D eigenvalue weighted by Gasteiger charge is -2.36. The fourth-order valence-electron chi connectivity index (χ4n) is 2.12. The van der Waals surface area contributed by atoms with E-state index in [0.29, 0.717) is 12.2 Å². The van der Waals surface area contributed by atoms with E-state index in [9.17, 15) is 9.59 Å². The summed E-state index contributed by atoms with van der Waals surface area (Å²) in [6.07, 6.45) is 1.48. The zero-order valence-electron chi connectivity index (χ0n) is 11.3. The number of tetrazole rings is 1. The molecule has 2 amide bonds. The predicted molar refractivity (Wildman–Crippen MR) is 65.6 cm³/mol. The zero-order valence-corrected chi connectivity index (χ0v) is 11.3. The summed E-state index contributed by atoms with van der Waals surface area (Å²) >= 11 is 0. The van der Waals surface area contributed by atoms with Crippen molar-refractivity contribution in [2.75, 3.05) is 0 Å². The summed E-state index contributed by atoms with van der Waals surface area (Å²) in [7, 11) is 1.66. The standard InChI is InChI=1S/C11H18N6O2/c1-4-5-8-11(19)17(7(2)10(18)12-8)6-9-13-15-16(3)14-9/h7-8H,4-6H2,1-3H3,(H,12,18). The van der Waals surface area contributed by atoms with E-state index in [1.807, 2.05) is 6.92 Å². The highest BCUT2D eigenvalue weighted by atomic mass is 16.2. The number of nitrogens with one attached hydrogen (secondary N) is 1. The van der Waals surface area contributed by atoms with Crippen LogP contribution in [0.15, 0.2) is 0 Å². The van der Waals surface area contributed by atoms with Crippen molar-refractivity contribution in [3.05, 3.63) is 5.82 Å². The molecule has 0 bridgehead atoms. The molecule has 0 aromatic carbocycles. The van der Waals surface area contributed by atoms with Crippen LogP contribution in [-0.4, -0.2) is 49.0 Å². The molecule has 1 saturated heterocycles. The molecule has 8 nitrogen and oxygen atoms in total. The van der Waals surface area contributed by atoms with Gasteiger partial charge in [0.1, 0.15) is 12.1 Å². The van der Waals surface area contributed by atoms with Crippen LogP contribution in [0.5, 0.6) is 0 Å². The van der Waals surface area contributed by atoms with E-state index in [1.165, 1.54) is 9.70 Å². The van der Waals surface area contributed by atoms with Gasteiger partial charge in [0.25, 0.3) is 0 Å². The van der Waals surface area contributed by atoms with Crippen molar-refractivity contribution in [1.29, 1.82) is 0 Å². The van der Waals surface area contributed by atoms with E-state index >= 15 is 0 Å². The van der Waals surface area contributed by atoms with Crippen LogP contribution >= 0.6 is 0 Å². The predicted octanol–water partition coefficient (Wildman–Crippen LogP) is -0.774. The molecule has 0 radical (unpaired) electrons. The maximum atomic E-state index is 12.3. The highest BCUT2D eigenvalue weighted by Crippen LogP contribution is 2.15. The number of hydrogen-bond acceptors (Lipinski definition) is 5. The Bertz CT molecular complexity index is 485. The quantitative estimate of drug-likeness (QED) is 0.772. The number of nitrogens with zero attached hydrogens (tertiary/aromatic N) is 5. The van der Waals surface area contributed by atoms with E-state index < -0.39 is 12.1 Å². The molecule has 2 heterocycles. The van der Waals surface area contributed by atoms with Crippen molar-refractivity contribution in [3.63, 3.8) is 0 Å². The number of aryl methyl sites for hydroxylation is 1. The van der Waals surface area contributed by atoms with Crippen LogP contribution in [0.3, 0.4) is 0 Å². The minimum atomic E-state index is -0.510. The Balaban J connectivity index is 2.15. The van der Waals surface area contributed by atoms with E-state index in [1.54, 1.807) is 14.0 Å². The van der Waals surface area contributed by atoms with Crippen LogP contribution in [-0.2, 0) is 23.2 Å². The van der Waals surface area contributed by atoms with Crippen molar-refractivity contribution < 1.29 is 9.59 Å². The van der Waals surface area contributed by atoms with Crippen molar-refractivity contribution in [2.24, 2.45) is 7.05 Å². The van der Waals surface area contributed by atoms with Crippen LogP contribution in [0.1, 0.15) is 32.5 Å². The third-order valence-electron chi connectivity index (χ3n) is 3.18. The van der Waals surface area contributed by atoms with Gasteiger partial charge in [-0.2, -0.15) is 4.80 Å². The minimum Gasteiger partial charge on any atom is -0.343 e. The highest BCUT2D eigenvalue weighted by Gasteiger charge is 2.37. The summed E-state index contributed by atoms with van der Waals surface area (Å²) in [5, 5.41) is 14.4. The average molecular weight is 266 g/mol. The fourth-order valence-corrected chi connectivity index (χ4v) is 2.12. The molecule has 1 fully saturated rings. The molecule has 2 rings (SSSR count). The molecule has 0 saturated carbocycles. The van der Waals surface area contributed by atoms with Gasteiger partial charge in [-0.25, -0.2) is 0 Å². The molecule has 0 aliphatic carbocycles. The van der Waals surface area contributed by atoms with Gasteiger partial charge in [0, 0.05) is 0 Å². The van der Waals surface area contributed by atoms with Gasteiger partial charge in [-0.3, -0.25) is 9.59 Å². The summed E-state index contributed by atoms with van der Waals surface area (Å²) in [5.41, 5.74) is 0. The average Bonchev–Trinajstić information content (AvgIpc) is 2.77. The molecule has 1 aliphatic heterocycles. The summed E-state index contributed by atoms with van der Waals surface area (Å²) in [4.78, 5) is 27.0. The van der Waals surface area contributed by atoms with Crippen LogP contribution < -0.4 is 5.32 Å². The van der Waals surface area contributed by atoms with Crippen LogP contribution in [0.2, 0.25) is 0 Å². The fraction of sp³-hybridized carbons (Fsp3) is 0.727. The number of carbonyl (C=O) groups excluding carboxylic acids is 2. The van der Waals surface area contributed by atoms with E-state index in [2.05, 4.69) is 20.7 Å². The normalized spacial score (nSPS) is 23.6. The Morgan fingerprint density at radius 2 is 2.11 bits per heavy atom. The first kappa shape index (κ1) is 13.4. The smallest absolute Gasteiger partial charge is 0.246 e. The molecule has 2 unspecified atom stereocenters. The summed E-state index contributed by atoms with van der Waals surface area (Å²) in [5.74, 6) is 0.219. The third kappa shape index (κ3) is 2.72. The second kappa shape index (κ2) is 5.33. The van der Waals surface area contributed by atoms with Gasteiger partial charge in [-0.05, 0) is 18.6 Å². The molecule has 0 spiro atoms. The van der Waals surface area contributed by atoms with Gasteiger partial charge < -0.3 is 10.2 Å². The second-order valence-electron chi connectivity index (χ2n) is 4.69. The SMILES string of the molecule is CCCC1NC(=O)C(C)N(Cc2nnn(C)n2)C1=O. The van der Waals surface area contributed by atoms with Gasteiger partial charge in [0.15, 0.2) is 5.82 Å². The van der Waals surface area contributed by atoms with Crippen LogP contribution in [0, 0.1) is 0 Å². The van der Waals surface area contributed by atoms with Crippen LogP contribution in [0.4, 0.5) is 0 Å². The number of hydrogen-bond donors (Lipinski definition) is 1. The van der Waals surface area contributed by atoms with Crippen molar-refractivity contribution in [3.8, 4) is 0 Å². The first-order chi connectivity index (χ1) is 9.02.